The highest BCUT2D eigenvalue weighted by Gasteiger charge is 2.21. The number of ether oxygens (including phenoxy) is 1. The van der Waals surface area contributed by atoms with Crippen LogP contribution in [0.2, 0.25) is 0 Å². The number of para-hydroxylation sites is 1. The van der Waals surface area contributed by atoms with E-state index in [0.29, 0.717) is 11.5 Å². The van der Waals surface area contributed by atoms with Gasteiger partial charge in [0.25, 0.3) is 10.0 Å². The Hall–Kier alpha value is -3.07. The van der Waals surface area contributed by atoms with Gasteiger partial charge < -0.3 is 9.72 Å². The van der Waals surface area contributed by atoms with E-state index in [2.05, 4.69) is 19.5 Å². The molecule has 0 fully saturated rings. The summed E-state index contributed by atoms with van der Waals surface area (Å²) in [5, 5.41) is 4.31. The molecule has 0 aliphatic heterocycles. The summed E-state index contributed by atoms with van der Waals surface area (Å²) >= 11 is 0. The molecule has 0 atom stereocenters. The van der Waals surface area contributed by atoms with Crippen LogP contribution in [0.3, 0.4) is 0 Å². The number of hydrogen-bond donors (Lipinski definition) is 2. The minimum absolute atomic E-state index is 0.0515. The number of aromatic amines is 1. The predicted molar refractivity (Wildman–Crippen MR) is 91.2 cm³/mol. The Morgan fingerprint density at radius 3 is 2.64 bits per heavy atom. The van der Waals surface area contributed by atoms with E-state index in [4.69, 9.17) is 0 Å². The van der Waals surface area contributed by atoms with Crippen molar-refractivity contribution in [2.24, 2.45) is 0 Å². The van der Waals surface area contributed by atoms with Crippen molar-refractivity contribution in [3.8, 4) is 5.69 Å². The van der Waals surface area contributed by atoms with Crippen molar-refractivity contribution < 1.29 is 17.9 Å². The molecule has 9 heteroatoms. The number of aryl methyl sites for hydroxylation is 1. The quantitative estimate of drug-likeness (QED) is 0.678. The van der Waals surface area contributed by atoms with Crippen molar-refractivity contribution in [1.82, 2.24) is 14.8 Å². The zero-order valence-corrected chi connectivity index (χ0v) is 14.4. The maximum atomic E-state index is 12.6. The largest absolute Gasteiger partial charge is 0.464 e. The second kappa shape index (κ2) is 6.44. The van der Waals surface area contributed by atoms with Gasteiger partial charge in [0.05, 0.1) is 18.5 Å². The van der Waals surface area contributed by atoms with Gasteiger partial charge in [0.2, 0.25) is 0 Å². The molecular weight excluding hydrogens is 344 g/mol. The predicted octanol–water partition coefficient (Wildman–Crippen LogP) is 2.10. The van der Waals surface area contributed by atoms with Crippen molar-refractivity contribution >= 4 is 21.8 Å². The number of benzene rings is 1. The fourth-order valence-corrected chi connectivity index (χ4v) is 3.32. The van der Waals surface area contributed by atoms with Crippen LogP contribution in [0.25, 0.3) is 5.69 Å². The van der Waals surface area contributed by atoms with Gasteiger partial charge >= 0.3 is 5.97 Å². The van der Waals surface area contributed by atoms with E-state index < -0.39 is 16.0 Å². The van der Waals surface area contributed by atoms with Gasteiger partial charge in [-0.15, -0.1) is 0 Å². The SMILES string of the molecule is COC(=O)c1cc(S(=O)(=O)Nc2cc(C)nn2-c2ccccc2)c[nH]1. The molecule has 2 aromatic heterocycles. The number of sulfonamides is 1. The summed E-state index contributed by atoms with van der Waals surface area (Å²) in [4.78, 5) is 14.0. The van der Waals surface area contributed by atoms with Gasteiger partial charge in [0.1, 0.15) is 16.4 Å². The van der Waals surface area contributed by atoms with Gasteiger partial charge in [-0.1, -0.05) is 18.2 Å². The first-order valence-corrected chi connectivity index (χ1v) is 8.80. The molecular formula is C16H16N4O4S. The minimum Gasteiger partial charge on any atom is -0.464 e. The Labute approximate surface area is 144 Å². The fraction of sp³-hybridized carbons (Fsp3) is 0.125. The van der Waals surface area contributed by atoms with Gasteiger partial charge in [-0.2, -0.15) is 5.10 Å². The third-order valence-electron chi connectivity index (χ3n) is 3.44. The second-order valence-electron chi connectivity index (χ2n) is 5.26. The van der Waals surface area contributed by atoms with Crippen molar-refractivity contribution in [3.63, 3.8) is 0 Å². The smallest absolute Gasteiger partial charge is 0.354 e. The molecule has 8 nitrogen and oxygen atoms in total. The number of hydrogen-bond acceptors (Lipinski definition) is 5. The zero-order chi connectivity index (χ0) is 18.0. The summed E-state index contributed by atoms with van der Waals surface area (Å²) < 4.78 is 33.7. The molecule has 2 N–H and O–H groups in total. The molecule has 0 radical (unpaired) electrons. The highest BCUT2D eigenvalue weighted by atomic mass is 32.2. The highest BCUT2D eigenvalue weighted by molar-refractivity contribution is 7.92. The lowest BCUT2D eigenvalue weighted by Crippen LogP contribution is -2.15. The summed E-state index contributed by atoms with van der Waals surface area (Å²) in [5.41, 5.74) is 1.43. The lowest BCUT2D eigenvalue weighted by molar-refractivity contribution is 0.0594. The van der Waals surface area contributed by atoms with Crippen LogP contribution in [0.4, 0.5) is 5.82 Å². The van der Waals surface area contributed by atoms with Crippen LogP contribution in [-0.4, -0.2) is 36.3 Å². The molecule has 25 heavy (non-hydrogen) atoms. The zero-order valence-electron chi connectivity index (χ0n) is 13.6. The number of rotatable bonds is 5. The second-order valence-corrected chi connectivity index (χ2v) is 6.95. The van der Waals surface area contributed by atoms with Crippen LogP contribution in [0.1, 0.15) is 16.2 Å². The van der Waals surface area contributed by atoms with E-state index in [1.165, 1.54) is 24.1 Å². The first-order chi connectivity index (χ1) is 11.9. The van der Waals surface area contributed by atoms with Crippen LogP contribution >= 0.6 is 0 Å². The van der Waals surface area contributed by atoms with E-state index in [0.717, 1.165) is 5.69 Å². The number of nitrogens with one attached hydrogen (secondary N) is 2. The van der Waals surface area contributed by atoms with Gasteiger partial charge in [-0.05, 0) is 25.1 Å². The molecule has 0 aliphatic rings. The topological polar surface area (TPSA) is 106 Å². The molecule has 0 saturated heterocycles. The average Bonchev–Trinajstić information content (AvgIpc) is 3.22. The Kier molecular flexibility index (Phi) is 4.32. The monoisotopic (exact) mass is 360 g/mol. The van der Waals surface area contributed by atoms with Gasteiger partial charge in [0, 0.05) is 12.3 Å². The van der Waals surface area contributed by atoms with E-state index in [9.17, 15) is 13.2 Å². The highest BCUT2D eigenvalue weighted by Crippen LogP contribution is 2.21. The summed E-state index contributed by atoms with van der Waals surface area (Å²) in [5.74, 6) is -0.351. The summed E-state index contributed by atoms with van der Waals surface area (Å²) in [6, 6.07) is 12.0. The normalized spacial score (nSPS) is 11.3. The third kappa shape index (κ3) is 3.41. The maximum Gasteiger partial charge on any atom is 0.354 e. The van der Waals surface area contributed by atoms with Gasteiger partial charge in [0.15, 0.2) is 0 Å². The number of carbonyl (C=O) groups is 1. The fourth-order valence-electron chi connectivity index (χ4n) is 2.29. The molecule has 0 saturated carbocycles. The van der Waals surface area contributed by atoms with Crippen LogP contribution in [0.15, 0.2) is 53.6 Å². The third-order valence-corrected chi connectivity index (χ3v) is 4.78. The molecule has 3 rings (SSSR count). The molecule has 3 aromatic rings. The number of H-pyrrole nitrogens is 1. The standard InChI is InChI=1S/C16H16N4O4S/c1-11-8-15(20(18-11)12-6-4-3-5-7-12)19-25(22,23)13-9-14(17-10-13)16(21)24-2/h3-10,17,19H,1-2H3. The molecule has 1 aromatic carbocycles. The molecule has 0 spiro atoms. The Morgan fingerprint density at radius 2 is 1.96 bits per heavy atom. The number of nitrogens with zero attached hydrogens (tertiary/aromatic N) is 2. The summed E-state index contributed by atoms with van der Waals surface area (Å²) in [7, 11) is -2.68. The Balaban J connectivity index is 1.94. The van der Waals surface area contributed by atoms with E-state index in [1.807, 2.05) is 30.3 Å². The van der Waals surface area contributed by atoms with Gasteiger partial charge in [-0.25, -0.2) is 17.9 Å². The summed E-state index contributed by atoms with van der Waals surface area (Å²) in [6.45, 7) is 1.77. The Bertz CT molecular complexity index is 1010. The van der Waals surface area contributed by atoms with E-state index in [-0.39, 0.29) is 10.6 Å². The number of methoxy groups -OCH3 is 1. The van der Waals surface area contributed by atoms with Crippen LogP contribution in [-0.2, 0) is 14.8 Å². The van der Waals surface area contributed by atoms with E-state index >= 15 is 0 Å². The average molecular weight is 360 g/mol. The van der Waals surface area contributed by atoms with Crippen molar-refractivity contribution in [1.29, 1.82) is 0 Å². The van der Waals surface area contributed by atoms with Crippen molar-refractivity contribution in [2.45, 2.75) is 11.8 Å². The molecule has 0 aliphatic carbocycles. The number of carbonyl (C=O) groups excluding carboxylic acids is 1. The minimum atomic E-state index is -3.90. The Morgan fingerprint density at radius 1 is 1.24 bits per heavy atom. The van der Waals surface area contributed by atoms with E-state index in [1.54, 1.807) is 13.0 Å². The van der Waals surface area contributed by atoms with Crippen LogP contribution in [0.5, 0.6) is 0 Å². The molecule has 0 unspecified atom stereocenters. The molecule has 2 heterocycles. The van der Waals surface area contributed by atoms with Crippen molar-refractivity contribution in [3.05, 3.63) is 60.0 Å². The van der Waals surface area contributed by atoms with Crippen molar-refractivity contribution in [2.75, 3.05) is 11.8 Å². The molecule has 0 bridgehead atoms. The van der Waals surface area contributed by atoms with Gasteiger partial charge in [-0.3, -0.25) is 4.72 Å². The lowest BCUT2D eigenvalue weighted by atomic mass is 10.3. The number of esters is 1. The maximum absolute atomic E-state index is 12.6. The number of anilines is 1. The first kappa shape index (κ1) is 16.8. The molecule has 130 valence electrons. The molecule has 0 amide bonds. The summed E-state index contributed by atoms with van der Waals surface area (Å²) in [6.07, 6.45) is 1.23. The van der Waals surface area contributed by atoms with Crippen LogP contribution < -0.4 is 4.72 Å². The number of aromatic nitrogens is 3. The first-order valence-electron chi connectivity index (χ1n) is 7.32. The van der Waals surface area contributed by atoms with Crippen LogP contribution in [0, 0.1) is 6.92 Å². The lowest BCUT2D eigenvalue weighted by Gasteiger charge is -2.09.